The van der Waals surface area contributed by atoms with E-state index in [0.717, 1.165) is 39.3 Å². The molecule has 0 aromatic rings. The lowest BCUT2D eigenvalue weighted by Crippen LogP contribution is -2.36. The van der Waals surface area contributed by atoms with Crippen molar-refractivity contribution < 1.29 is 4.74 Å². The Morgan fingerprint density at radius 1 is 1.33 bits per heavy atom. The number of allylic oxidation sites excluding steroid dienone is 1. The van der Waals surface area contributed by atoms with E-state index >= 15 is 0 Å². The predicted octanol–water partition coefficient (Wildman–Crippen LogP) is 2.07. The van der Waals surface area contributed by atoms with E-state index < -0.39 is 0 Å². The smallest absolute Gasteiger partial charge is 0.0594 e. The zero-order valence-corrected chi connectivity index (χ0v) is 9.67. The zero-order valence-electron chi connectivity index (χ0n) is 9.67. The van der Waals surface area contributed by atoms with Crippen molar-refractivity contribution in [2.24, 2.45) is 0 Å². The SMILES string of the molecule is CCCCC#C/C=C\CN1CCOCC1. The van der Waals surface area contributed by atoms with Crippen molar-refractivity contribution in [2.45, 2.75) is 26.2 Å². The van der Waals surface area contributed by atoms with Gasteiger partial charge in [0.25, 0.3) is 0 Å². The van der Waals surface area contributed by atoms with E-state index in [1.54, 1.807) is 0 Å². The summed E-state index contributed by atoms with van der Waals surface area (Å²) in [7, 11) is 0. The standard InChI is InChI=1S/C13H21NO/c1-2-3-4-5-6-7-8-9-14-10-12-15-13-11-14/h7-8H,2-4,9-13H2,1H3/b8-7-. The number of ether oxygens (including phenoxy) is 1. The number of hydrogen-bond donors (Lipinski definition) is 0. The fourth-order valence-corrected chi connectivity index (χ4v) is 1.44. The number of unbranched alkanes of at least 4 members (excludes halogenated alkanes) is 2. The summed E-state index contributed by atoms with van der Waals surface area (Å²) in [5.74, 6) is 6.22. The van der Waals surface area contributed by atoms with Crippen LogP contribution >= 0.6 is 0 Å². The van der Waals surface area contributed by atoms with Gasteiger partial charge in [-0.2, -0.15) is 0 Å². The summed E-state index contributed by atoms with van der Waals surface area (Å²) in [6.45, 7) is 7.04. The van der Waals surface area contributed by atoms with Crippen LogP contribution in [0.5, 0.6) is 0 Å². The van der Waals surface area contributed by atoms with Gasteiger partial charge in [0.15, 0.2) is 0 Å². The number of rotatable bonds is 4. The summed E-state index contributed by atoms with van der Waals surface area (Å²) in [5.41, 5.74) is 0. The first-order chi connectivity index (χ1) is 7.43. The molecule has 1 fully saturated rings. The maximum Gasteiger partial charge on any atom is 0.0594 e. The Hall–Kier alpha value is -0.780. The molecule has 2 heteroatoms. The molecular formula is C13H21NO. The Bertz CT molecular complexity index is 231. The summed E-state index contributed by atoms with van der Waals surface area (Å²) in [5, 5.41) is 0. The fourth-order valence-electron chi connectivity index (χ4n) is 1.44. The highest BCUT2D eigenvalue weighted by Gasteiger charge is 2.06. The molecule has 0 amide bonds. The van der Waals surface area contributed by atoms with Gasteiger partial charge < -0.3 is 4.74 Å². The van der Waals surface area contributed by atoms with Crippen LogP contribution in [0.3, 0.4) is 0 Å². The molecule has 0 spiro atoms. The monoisotopic (exact) mass is 207 g/mol. The van der Waals surface area contributed by atoms with Crippen LogP contribution in [0.4, 0.5) is 0 Å². The van der Waals surface area contributed by atoms with E-state index in [2.05, 4.69) is 29.7 Å². The Labute approximate surface area is 93.3 Å². The van der Waals surface area contributed by atoms with E-state index in [0.29, 0.717) is 0 Å². The van der Waals surface area contributed by atoms with Gasteiger partial charge in [0, 0.05) is 26.1 Å². The van der Waals surface area contributed by atoms with Crippen LogP contribution in [0, 0.1) is 11.8 Å². The molecule has 0 aliphatic carbocycles. The Kier molecular flexibility index (Phi) is 6.98. The van der Waals surface area contributed by atoms with Crippen molar-refractivity contribution >= 4 is 0 Å². The minimum Gasteiger partial charge on any atom is -0.379 e. The second-order valence-corrected chi connectivity index (χ2v) is 3.74. The van der Waals surface area contributed by atoms with Crippen molar-refractivity contribution in [3.05, 3.63) is 12.2 Å². The van der Waals surface area contributed by atoms with Gasteiger partial charge in [0.2, 0.25) is 0 Å². The predicted molar refractivity (Wildman–Crippen MR) is 63.7 cm³/mol. The summed E-state index contributed by atoms with van der Waals surface area (Å²) >= 11 is 0. The molecule has 0 bridgehead atoms. The molecule has 1 rings (SSSR count). The second kappa shape index (κ2) is 8.52. The molecule has 1 saturated heterocycles. The first kappa shape index (κ1) is 12.3. The van der Waals surface area contributed by atoms with Gasteiger partial charge in [-0.15, -0.1) is 0 Å². The quantitative estimate of drug-likeness (QED) is 0.517. The van der Waals surface area contributed by atoms with Crippen LogP contribution in [0.2, 0.25) is 0 Å². The van der Waals surface area contributed by atoms with E-state index in [9.17, 15) is 0 Å². The molecular weight excluding hydrogens is 186 g/mol. The van der Waals surface area contributed by atoms with Crippen molar-refractivity contribution in [2.75, 3.05) is 32.8 Å². The first-order valence-corrected chi connectivity index (χ1v) is 5.87. The molecule has 0 aromatic carbocycles. The molecule has 1 heterocycles. The maximum absolute atomic E-state index is 5.28. The van der Waals surface area contributed by atoms with Crippen LogP contribution in [0.25, 0.3) is 0 Å². The van der Waals surface area contributed by atoms with Crippen LogP contribution in [-0.2, 0) is 4.74 Å². The highest BCUT2D eigenvalue weighted by atomic mass is 16.5. The summed E-state index contributed by atoms with van der Waals surface area (Å²) in [6.07, 6.45) is 7.59. The third kappa shape index (κ3) is 6.33. The van der Waals surface area contributed by atoms with Crippen LogP contribution in [-0.4, -0.2) is 37.7 Å². The highest BCUT2D eigenvalue weighted by molar-refractivity contribution is 5.15. The van der Waals surface area contributed by atoms with Crippen LogP contribution in [0.15, 0.2) is 12.2 Å². The average molecular weight is 207 g/mol. The summed E-state index contributed by atoms with van der Waals surface area (Å²) < 4.78 is 5.28. The minimum atomic E-state index is 0.871. The average Bonchev–Trinajstić information content (AvgIpc) is 2.29. The van der Waals surface area contributed by atoms with Crippen LogP contribution in [0.1, 0.15) is 26.2 Å². The molecule has 0 saturated carbocycles. The molecule has 0 aromatic heterocycles. The van der Waals surface area contributed by atoms with E-state index in [-0.39, 0.29) is 0 Å². The fraction of sp³-hybridized carbons (Fsp3) is 0.692. The molecule has 84 valence electrons. The minimum absolute atomic E-state index is 0.871. The first-order valence-electron chi connectivity index (χ1n) is 5.87. The van der Waals surface area contributed by atoms with E-state index in [1.165, 1.54) is 12.8 Å². The molecule has 15 heavy (non-hydrogen) atoms. The lowest BCUT2D eigenvalue weighted by atomic mass is 10.2. The van der Waals surface area contributed by atoms with Gasteiger partial charge >= 0.3 is 0 Å². The van der Waals surface area contributed by atoms with Gasteiger partial charge in [-0.25, -0.2) is 0 Å². The molecule has 0 atom stereocenters. The summed E-state index contributed by atoms with van der Waals surface area (Å²) in [6, 6.07) is 0. The molecule has 2 nitrogen and oxygen atoms in total. The molecule has 1 aliphatic heterocycles. The van der Waals surface area contributed by atoms with Gasteiger partial charge in [0.1, 0.15) is 0 Å². The topological polar surface area (TPSA) is 12.5 Å². The molecule has 0 unspecified atom stereocenters. The molecule has 0 radical (unpaired) electrons. The Morgan fingerprint density at radius 2 is 2.13 bits per heavy atom. The Morgan fingerprint density at radius 3 is 2.87 bits per heavy atom. The highest BCUT2D eigenvalue weighted by Crippen LogP contribution is 1.96. The van der Waals surface area contributed by atoms with Crippen molar-refractivity contribution in [3.63, 3.8) is 0 Å². The zero-order chi connectivity index (χ0) is 10.8. The normalized spacial score (nSPS) is 17.7. The van der Waals surface area contributed by atoms with Crippen LogP contribution < -0.4 is 0 Å². The lowest BCUT2D eigenvalue weighted by Gasteiger charge is -2.24. The third-order valence-electron chi connectivity index (χ3n) is 2.43. The van der Waals surface area contributed by atoms with Gasteiger partial charge in [-0.1, -0.05) is 31.3 Å². The lowest BCUT2D eigenvalue weighted by molar-refractivity contribution is 0.0434. The second-order valence-electron chi connectivity index (χ2n) is 3.74. The maximum atomic E-state index is 5.28. The van der Waals surface area contributed by atoms with Gasteiger partial charge in [-0.05, 0) is 12.5 Å². The van der Waals surface area contributed by atoms with Crippen molar-refractivity contribution in [1.82, 2.24) is 4.90 Å². The van der Waals surface area contributed by atoms with Gasteiger partial charge in [-0.3, -0.25) is 4.90 Å². The molecule has 0 N–H and O–H groups in total. The number of hydrogen-bond acceptors (Lipinski definition) is 2. The molecule has 1 aliphatic rings. The van der Waals surface area contributed by atoms with Crippen molar-refractivity contribution in [1.29, 1.82) is 0 Å². The van der Waals surface area contributed by atoms with E-state index in [1.807, 2.05) is 6.08 Å². The number of morpholine rings is 1. The van der Waals surface area contributed by atoms with E-state index in [4.69, 9.17) is 4.74 Å². The third-order valence-corrected chi connectivity index (χ3v) is 2.43. The summed E-state index contributed by atoms with van der Waals surface area (Å²) in [4.78, 5) is 2.38. The largest absolute Gasteiger partial charge is 0.379 e. The number of nitrogens with zero attached hydrogens (tertiary/aromatic N) is 1. The van der Waals surface area contributed by atoms with Crippen molar-refractivity contribution in [3.8, 4) is 11.8 Å². The van der Waals surface area contributed by atoms with Gasteiger partial charge in [0.05, 0.1) is 13.2 Å². The Balaban J connectivity index is 2.06.